The van der Waals surface area contributed by atoms with Crippen molar-refractivity contribution in [3.8, 4) is 6.07 Å². The molecule has 1 aromatic carbocycles. The fourth-order valence-corrected chi connectivity index (χ4v) is 3.36. The number of amides is 1. The van der Waals surface area contributed by atoms with Crippen molar-refractivity contribution in [1.82, 2.24) is 9.62 Å². The summed E-state index contributed by atoms with van der Waals surface area (Å²) in [6, 6.07) is 7.70. The first-order valence-corrected chi connectivity index (χ1v) is 8.17. The molecule has 1 atom stereocenters. The van der Waals surface area contributed by atoms with Crippen molar-refractivity contribution in [2.45, 2.75) is 24.3 Å². The number of likely N-dealkylation sites (N-methyl/N-ethyl adjacent to an activating group) is 1. The fraction of sp³-hybridized carbons (Fsp3) is 0.357. The number of carbonyl (C=O) groups excluding carboxylic acids is 1. The lowest BCUT2D eigenvalue weighted by Crippen LogP contribution is -2.36. The van der Waals surface area contributed by atoms with E-state index in [2.05, 4.69) is 9.71 Å². The van der Waals surface area contributed by atoms with E-state index in [4.69, 9.17) is 5.26 Å². The molecule has 22 heavy (non-hydrogen) atoms. The van der Waals surface area contributed by atoms with Crippen LogP contribution in [0.3, 0.4) is 0 Å². The summed E-state index contributed by atoms with van der Waals surface area (Å²) in [4.78, 5) is 17.9. The lowest BCUT2D eigenvalue weighted by Gasteiger charge is -2.18. The van der Waals surface area contributed by atoms with Crippen molar-refractivity contribution in [1.29, 1.82) is 5.26 Å². The maximum absolute atomic E-state index is 12.1. The van der Waals surface area contributed by atoms with Crippen molar-refractivity contribution in [3.63, 3.8) is 0 Å². The number of rotatable bonds is 4. The predicted octanol–water partition coefficient (Wildman–Crippen LogP) is 0.486. The highest BCUT2D eigenvalue weighted by molar-refractivity contribution is 7.90. The second-order valence-corrected chi connectivity index (χ2v) is 6.57. The zero-order valence-corrected chi connectivity index (χ0v) is 13.1. The van der Waals surface area contributed by atoms with Crippen LogP contribution in [0.1, 0.15) is 18.9 Å². The van der Waals surface area contributed by atoms with Crippen LogP contribution in [-0.4, -0.2) is 44.7 Å². The van der Waals surface area contributed by atoms with Gasteiger partial charge < -0.3 is 4.90 Å². The fourth-order valence-electron chi connectivity index (χ4n) is 2.13. The molecular weight excluding hydrogens is 304 g/mol. The van der Waals surface area contributed by atoms with Crippen LogP contribution in [-0.2, 0) is 14.8 Å². The Labute approximate surface area is 129 Å². The smallest absolute Gasteiger partial charge is 0.263 e. The van der Waals surface area contributed by atoms with Gasteiger partial charge in [-0.3, -0.25) is 14.5 Å². The number of amidine groups is 1. The third-order valence-corrected chi connectivity index (χ3v) is 4.68. The van der Waals surface area contributed by atoms with Crippen LogP contribution in [0.25, 0.3) is 0 Å². The molecule has 1 N–H and O–H groups in total. The molecule has 1 aliphatic heterocycles. The van der Waals surface area contributed by atoms with Crippen LogP contribution >= 0.6 is 0 Å². The Morgan fingerprint density at radius 3 is 2.82 bits per heavy atom. The number of nitrogens with one attached hydrogen (secondary N) is 1. The van der Waals surface area contributed by atoms with Crippen molar-refractivity contribution in [2.24, 2.45) is 4.99 Å². The van der Waals surface area contributed by atoms with Gasteiger partial charge in [0.25, 0.3) is 10.0 Å². The summed E-state index contributed by atoms with van der Waals surface area (Å²) < 4.78 is 26.3. The Morgan fingerprint density at radius 1 is 1.45 bits per heavy atom. The van der Waals surface area contributed by atoms with Gasteiger partial charge in [-0.05, 0) is 19.1 Å². The molecule has 7 nitrogen and oxygen atoms in total. The molecule has 0 fully saturated rings. The molecule has 1 amide bonds. The van der Waals surface area contributed by atoms with E-state index in [1.165, 1.54) is 11.0 Å². The monoisotopic (exact) mass is 320 g/mol. The van der Waals surface area contributed by atoms with E-state index < -0.39 is 16.1 Å². The predicted molar refractivity (Wildman–Crippen MR) is 80.6 cm³/mol. The summed E-state index contributed by atoms with van der Waals surface area (Å²) in [6.07, 6.45) is 0.237. The second kappa shape index (κ2) is 6.15. The highest BCUT2D eigenvalue weighted by Gasteiger charge is 2.31. The Bertz CT molecular complexity index is 765. The van der Waals surface area contributed by atoms with Gasteiger partial charge in [0.2, 0.25) is 5.91 Å². The molecule has 8 heteroatoms. The number of carbonyl (C=O) groups is 1. The molecule has 0 spiro atoms. The molecule has 0 unspecified atom stereocenters. The highest BCUT2D eigenvalue weighted by atomic mass is 32.2. The van der Waals surface area contributed by atoms with Crippen molar-refractivity contribution >= 4 is 21.8 Å². The number of hydrogen-bond acceptors (Lipinski definition) is 5. The minimum atomic E-state index is -3.61. The average Bonchev–Trinajstić information content (AvgIpc) is 2.75. The third-order valence-electron chi connectivity index (χ3n) is 3.28. The van der Waals surface area contributed by atoms with Gasteiger partial charge in [-0.25, -0.2) is 8.42 Å². The first-order chi connectivity index (χ1) is 10.4. The molecule has 1 heterocycles. The lowest BCUT2D eigenvalue weighted by atomic mass is 10.2. The Kier molecular flexibility index (Phi) is 4.47. The minimum absolute atomic E-state index is 0.159. The van der Waals surface area contributed by atoms with Crippen molar-refractivity contribution in [3.05, 3.63) is 29.8 Å². The zero-order valence-electron chi connectivity index (χ0n) is 12.3. The van der Waals surface area contributed by atoms with Gasteiger partial charge in [0.1, 0.15) is 11.9 Å². The molecule has 116 valence electrons. The first kappa shape index (κ1) is 16.0. The Balaban J connectivity index is 2.24. The van der Waals surface area contributed by atoms with E-state index in [0.717, 1.165) is 0 Å². The van der Waals surface area contributed by atoms with Crippen LogP contribution in [0, 0.1) is 11.3 Å². The number of hydrogen-bond donors (Lipinski definition) is 1. The normalized spacial score (nSPS) is 18.1. The molecule has 0 bridgehead atoms. The SMILES string of the molecule is C[C@H](N=C1NS(=O)(=O)c2ccccc21)C(=O)N(C)CCC#N. The van der Waals surface area contributed by atoms with Crippen molar-refractivity contribution in [2.75, 3.05) is 13.6 Å². The topological polar surface area (TPSA) is 103 Å². The molecule has 0 aromatic heterocycles. The van der Waals surface area contributed by atoms with Crippen LogP contribution in [0.2, 0.25) is 0 Å². The van der Waals surface area contributed by atoms with Gasteiger partial charge in [-0.15, -0.1) is 0 Å². The number of nitrogens with zero attached hydrogens (tertiary/aromatic N) is 3. The van der Waals surface area contributed by atoms with Gasteiger partial charge in [0, 0.05) is 19.2 Å². The maximum Gasteiger partial charge on any atom is 0.263 e. The third kappa shape index (κ3) is 3.09. The number of aliphatic imine (C=N–C) groups is 1. The Morgan fingerprint density at radius 2 is 2.14 bits per heavy atom. The second-order valence-electron chi connectivity index (χ2n) is 4.92. The van der Waals surface area contributed by atoms with E-state index in [-0.39, 0.29) is 23.1 Å². The minimum Gasteiger partial charge on any atom is -0.343 e. The lowest BCUT2D eigenvalue weighted by molar-refractivity contribution is -0.130. The van der Waals surface area contributed by atoms with E-state index in [1.54, 1.807) is 32.2 Å². The maximum atomic E-state index is 12.1. The summed E-state index contributed by atoms with van der Waals surface area (Å²) in [5, 5.41) is 8.54. The van der Waals surface area contributed by atoms with Crippen molar-refractivity contribution < 1.29 is 13.2 Å². The van der Waals surface area contributed by atoms with Gasteiger partial charge in [-0.2, -0.15) is 5.26 Å². The summed E-state index contributed by atoms with van der Waals surface area (Å²) in [6.45, 7) is 1.90. The number of fused-ring (bicyclic) bond motifs is 1. The van der Waals surface area contributed by atoms with Gasteiger partial charge in [0.15, 0.2) is 0 Å². The van der Waals surface area contributed by atoms with Crippen LogP contribution in [0.5, 0.6) is 0 Å². The zero-order chi connectivity index (χ0) is 16.3. The first-order valence-electron chi connectivity index (χ1n) is 6.69. The molecule has 2 rings (SSSR count). The highest BCUT2D eigenvalue weighted by Crippen LogP contribution is 2.22. The van der Waals surface area contributed by atoms with E-state index in [0.29, 0.717) is 12.1 Å². The van der Waals surface area contributed by atoms with Gasteiger partial charge in [0.05, 0.1) is 17.4 Å². The quantitative estimate of drug-likeness (QED) is 0.871. The summed E-state index contributed by atoms with van der Waals surface area (Å²) >= 11 is 0. The Hall–Kier alpha value is -2.40. The van der Waals surface area contributed by atoms with E-state index >= 15 is 0 Å². The average molecular weight is 320 g/mol. The largest absolute Gasteiger partial charge is 0.343 e. The summed E-state index contributed by atoms with van der Waals surface area (Å²) in [7, 11) is -2.02. The van der Waals surface area contributed by atoms with Gasteiger partial charge in [-0.1, -0.05) is 12.1 Å². The van der Waals surface area contributed by atoms with Crippen LogP contribution < -0.4 is 4.72 Å². The molecule has 1 aromatic rings. The summed E-state index contributed by atoms with van der Waals surface area (Å²) in [5.41, 5.74) is 0.460. The van der Waals surface area contributed by atoms with E-state index in [1.807, 2.05) is 6.07 Å². The van der Waals surface area contributed by atoms with E-state index in [9.17, 15) is 13.2 Å². The number of sulfonamides is 1. The molecule has 1 aliphatic rings. The van der Waals surface area contributed by atoms with Crippen LogP contribution in [0.4, 0.5) is 0 Å². The summed E-state index contributed by atoms with van der Waals surface area (Å²) in [5.74, 6) is -0.100. The molecule has 0 radical (unpaired) electrons. The van der Waals surface area contributed by atoms with Crippen LogP contribution in [0.15, 0.2) is 34.2 Å². The molecule has 0 saturated carbocycles. The molecular formula is C14H16N4O3S. The number of nitriles is 1. The molecule has 0 saturated heterocycles. The molecule has 0 aliphatic carbocycles. The number of benzene rings is 1. The van der Waals surface area contributed by atoms with Gasteiger partial charge >= 0.3 is 0 Å². The standard InChI is InChI=1S/C14H16N4O3S/c1-10(14(19)18(2)9-5-8-15)16-13-11-6-3-4-7-12(11)22(20,21)17-13/h3-4,6-7,10H,5,9H2,1-2H3,(H,16,17)/t10-/m0/s1.